The molecular formula is C14H12ClN3O2. The van der Waals surface area contributed by atoms with Crippen LogP contribution in [-0.4, -0.2) is 22.5 Å². The van der Waals surface area contributed by atoms with E-state index in [1.54, 1.807) is 4.90 Å². The van der Waals surface area contributed by atoms with Crippen LogP contribution in [0.4, 0.5) is 10.5 Å². The first-order valence-corrected chi connectivity index (χ1v) is 6.54. The molecule has 0 fully saturated rings. The predicted octanol–water partition coefficient (Wildman–Crippen LogP) is 2.46. The first-order valence-electron chi connectivity index (χ1n) is 6.17. The van der Waals surface area contributed by atoms with Gasteiger partial charge in [-0.3, -0.25) is 4.90 Å². The molecule has 1 N–H and O–H groups in total. The van der Waals surface area contributed by atoms with Crippen LogP contribution >= 0.6 is 11.6 Å². The van der Waals surface area contributed by atoms with Crippen molar-refractivity contribution in [3.8, 4) is 0 Å². The summed E-state index contributed by atoms with van der Waals surface area (Å²) in [5.41, 5.74) is 2.05. The van der Waals surface area contributed by atoms with Gasteiger partial charge in [0.25, 0.3) is 0 Å². The number of para-hydroxylation sites is 1. The van der Waals surface area contributed by atoms with Crippen LogP contribution in [0, 0.1) is 0 Å². The van der Waals surface area contributed by atoms with Crippen molar-refractivity contribution in [1.82, 2.24) is 4.73 Å². The van der Waals surface area contributed by atoms with Gasteiger partial charge >= 0.3 is 6.03 Å². The normalized spacial score (nSPS) is 14.4. The van der Waals surface area contributed by atoms with E-state index in [2.05, 4.69) is 4.99 Å². The second-order valence-corrected chi connectivity index (χ2v) is 4.86. The molecule has 3 rings (SSSR count). The molecule has 0 spiro atoms. The van der Waals surface area contributed by atoms with Crippen LogP contribution in [0.15, 0.2) is 47.6 Å². The van der Waals surface area contributed by atoms with Crippen molar-refractivity contribution in [1.29, 1.82) is 0 Å². The number of pyridine rings is 1. The van der Waals surface area contributed by atoms with Crippen molar-refractivity contribution in [3.05, 3.63) is 58.7 Å². The highest BCUT2D eigenvalue weighted by Crippen LogP contribution is 2.27. The zero-order valence-electron chi connectivity index (χ0n) is 10.5. The van der Waals surface area contributed by atoms with Gasteiger partial charge in [-0.05, 0) is 24.1 Å². The summed E-state index contributed by atoms with van der Waals surface area (Å²) in [4.78, 5) is 17.9. The molecule has 2 heterocycles. The van der Waals surface area contributed by atoms with Crippen LogP contribution in [0.5, 0.6) is 0 Å². The summed E-state index contributed by atoms with van der Waals surface area (Å²) in [5, 5.41) is 9.78. The van der Waals surface area contributed by atoms with Gasteiger partial charge in [0.05, 0.1) is 5.36 Å². The summed E-state index contributed by atoms with van der Waals surface area (Å²) in [7, 11) is 0. The summed E-state index contributed by atoms with van der Waals surface area (Å²) >= 11 is 5.77. The number of hydrogen-bond acceptors (Lipinski definition) is 2. The molecule has 102 valence electrons. The Kier molecular flexibility index (Phi) is 3.20. The molecule has 0 saturated carbocycles. The van der Waals surface area contributed by atoms with Crippen LogP contribution < -0.4 is 10.3 Å². The quantitative estimate of drug-likeness (QED) is 0.598. The SMILES string of the molecule is O=C(/N=c1/ccn(O)c(Cl)c1)N1CCc2ccccc21. The van der Waals surface area contributed by atoms with Crippen LogP contribution in [0.25, 0.3) is 0 Å². The number of anilines is 1. The standard InChI is InChI=1S/C14H12ClN3O2/c15-13-9-11(6-8-18(13)20)16-14(19)17-7-5-10-3-1-2-4-12(10)17/h1-4,6,8-9,20H,5,7H2/b16-11-. The number of rotatable bonds is 0. The van der Waals surface area contributed by atoms with Crippen molar-refractivity contribution < 1.29 is 10.0 Å². The highest BCUT2D eigenvalue weighted by Gasteiger charge is 2.23. The Bertz CT molecular complexity index is 739. The number of hydrogen-bond donors (Lipinski definition) is 1. The molecule has 1 aliphatic rings. The maximum Gasteiger partial charge on any atom is 0.348 e. The number of urea groups is 1. The van der Waals surface area contributed by atoms with Gasteiger partial charge in [-0.25, -0.2) is 4.79 Å². The lowest BCUT2D eigenvalue weighted by atomic mass is 10.2. The van der Waals surface area contributed by atoms with E-state index in [0.29, 0.717) is 11.9 Å². The molecule has 2 amide bonds. The minimum absolute atomic E-state index is 0.0980. The summed E-state index contributed by atoms with van der Waals surface area (Å²) in [6.45, 7) is 0.627. The van der Waals surface area contributed by atoms with E-state index in [1.165, 1.54) is 18.3 Å². The number of carbonyl (C=O) groups excluding carboxylic acids is 1. The Morgan fingerprint density at radius 3 is 2.90 bits per heavy atom. The average Bonchev–Trinajstić information content (AvgIpc) is 2.87. The molecule has 1 aromatic carbocycles. The van der Waals surface area contributed by atoms with E-state index in [4.69, 9.17) is 11.6 Å². The first kappa shape index (κ1) is 12.7. The van der Waals surface area contributed by atoms with Crippen molar-refractivity contribution >= 4 is 23.3 Å². The van der Waals surface area contributed by atoms with Gasteiger partial charge in [-0.1, -0.05) is 29.8 Å². The molecule has 0 atom stereocenters. The maximum absolute atomic E-state index is 12.2. The Morgan fingerprint density at radius 2 is 2.10 bits per heavy atom. The van der Waals surface area contributed by atoms with Gasteiger partial charge < -0.3 is 5.21 Å². The summed E-state index contributed by atoms with van der Waals surface area (Å²) in [5.74, 6) is 0. The van der Waals surface area contributed by atoms with Crippen molar-refractivity contribution in [2.45, 2.75) is 6.42 Å². The zero-order valence-corrected chi connectivity index (χ0v) is 11.3. The topological polar surface area (TPSA) is 57.8 Å². The molecule has 0 bridgehead atoms. The van der Waals surface area contributed by atoms with Gasteiger partial charge in [0.2, 0.25) is 0 Å². The largest absolute Gasteiger partial charge is 0.428 e. The van der Waals surface area contributed by atoms with Crippen LogP contribution in [0.1, 0.15) is 5.56 Å². The van der Waals surface area contributed by atoms with Crippen LogP contribution in [-0.2, 0) is 6.42 Å². The molecule has 6 heteroatoms. The minimum Gasteiger partial charge on any atom is -0.428 e. The Morgan fingerprint density at radius 1 is 1.30 bits per heavy atom. The summed E-state index contributed by atoms with van der Waals surface area (Å²) in [6.07, 6.45) is 2.18. The molecular weight excluding hydrogens is 278 g/mol. The lowest BCUT2D eigenvalue weighted by molar-refractivity contribution is 0.185. The highest BCUT2D eigenvalue weighted by molar-refractivity contribution is 6.29. The predicted molar refractivity (Wildman–Crippen MR) is 75.1 cm³/mol. The number of fused-ring (bicyclic) bond motifs is 1. The molecule has 20 heavy (non-hydrogen) atoms. The molecule has 1 aromatic heterocycles. The average molecular weight is 290 g/mol. The first-order chi connectivity index (χ1) is 9.65. The lowest BCUT2D eigenvalue weighted by Gasteiger charge is -2.13. The minimum atomic E-state index is -0.332. The zero-order chi connectivity index (χ0) is 14.1. The molecule has 0 unspecified atom stereocenters. The van der Waals surface area contributed by atoms with E-state index < -0.39 is 0 Å². The van der Waals surface area contributed by atoms with E-state index in [-0.39, 0.29) is 11.2 Å². The van der Waals surface area contributed by atoms with Crippen molar-refractivity contribution in [2.24, 2.45) is 4.99 Å². The Labute approximate surface area is 120 Å². The number of halogens is 1. The summed E-state index contributed by atoms with van der Waals surface area (Å²) in [6, 6.07) is 10.4. The number of amides is 2. The molecule has 0 aliphatic carbocycles. The van der Waals surface area contributed by atoms with Gasteiger partial charge in [-0.2, -0.15) is 9.72 Å². The van der Waals surface area contributed by atoms with Gasteiger partial charge in [0, 0.05) is 24.5 Å². The number of carbonyl (C=O) groups is 1. The van der Waals surface area contributed by atoms with E-state index in [1.807, 2.05) is 24.3 Å². The van der Waals surface area contributed by atoms with E-state index >= 15 is 0 Å². The van der Waals surface area contributed by atoms with Gasteiger partial charge in [0.1, 0.15) is 5.15 Å². The maximum atomic E-state index is 12.2. The molecule has 0 radical (unpaired) electrons. The molecule has 2 aromatic rings. The van der Waals surface area contributed by atoms with Crippen LogP contribution in [0.3, 0.4) is 0 Å². The number of nitrogens with zero attached hydrogens (tertiary/aromatic N) is 3. The smallest absolute Gasteiger partial charge is 0.348 e. The third-order valence-electron chi connectivity index (χ3n) is 3.22. The van der Waals surface area contributed by atoms with E-state index in [0.717, 1.165) is 22.4 Å². The van der Waals surface area contributed by atoms with Crippen LogP contribution in [0.2, 0.25) is 5.15 Å². The van der Waals surface area contributed by atoms with Crippen molar-refractivity contribution in [3.63, 3.8) is 0 Å². The monoisotopic (exact) mass is 289 g/mol. The lowest BCUT2D eigenvalue weighted by Crippen LogP contribution is -2.27. The number of aromatic nitrogens is 1. The van der Waals surface area contributed by atoms with E-state index in [9.17, 15) is 10.0 Å². The third kappa shape index (κ3) is 2.28. The summed E-state index contributed by atoms with van der Waals surface area (Å²) < 4.78 is 0.760. The third-order valence-corrected chi connectivity index (χ3v) is 3.50. The Balaban J connectivity index is 1.93. The van der Waals surface area contributed by atoms with Crippen molar-refractivity contribution in [2.75, 3.05) is 11.4 Å². The highest BCUT2D eigenvalue weighted by atomic mass is 35.5. The second-order valence-electron chi connectivity index (χ2n) is 4.48. The molecule has 0 saturated heterocycles. The Hall–Kier alpha value is -2.27. The van der Waals surface area contributed by atoms with Gasteiger partial charge in [0.15, 0.2) is 0 Å². The fourth-order valence-electron chi connectivity index (χ4n) is 2.23. The van der Waals surface area contributed by atoms with Gasteiger partial charge in [-0.15, -0.1) is 0 Å². The fraction of sp³-hybridized carbons (Fsp3) is 0.143. The second kappa shape index (κ2) is 5.02. The number of benzene rings is 1. The fourth-order valence-corrected chi connectivity index (χ4v) is 2.40. The molecule has 5 nitrogen and oxygen atoms in total. The molecule has 1 aliphatic heterocycles.